The minimum absolute atomic E-state index is 0.0960. The molecule has 2 aromatic carbocycles. The molecule has 35 heavy (non-hydrogen) atoms. The van der Waals surface area contributed by atoms with E-state index in [9.17, 15) is 13.2 Å². The lowest BCUT2D eigenvalue weighted by atomic mass is 10.2. The molecule has 1 amide bonds. The Morgan fingerprint density at radius 3 is 2.51 bits per heavy atom. The summed E-state index contributed by atoms with van der Waals surface area (Å²) in [5, 5.41) is 3.33. The first-order valence-corrected chi connectivity index (χ1v) is 14.7. The molecule has 0 bridgehead atoms. The van der Waals surface area contributed by atoms with E-state index in [0.29, 0.717) is 18.6 Å². The summed E-state index contributed by atoms with van der Waals surface area (Å²) in [6, 6.07) is 13.0. The van der Waals surface area contributed by atoms with Crippen molar-refractivity contribution < 1.29 is 13.2 Å². The zero-order valence-corrected chi connectivity index (χ0v) is 22.3. The van der Waals surface area contributed by atoms with Gasteiger partial charge in [0.15, 0.2) is 5.16 Å². The van der Waals surface area contributed by atoms with Gasteiger partial charge in [-0.3, -0.25) is 4.79 Å². The molecule has 2 heterocycles. The zero-order chi connectivity index (χ0) is 25.0. The normalized spacial score (nSPS) is 15.9. The van der Waals surface area contributed by atoms with Crippen molar-refractivity contribution in [2.24, 2.45) is 0 Å². The molecule has 1 fully saturated rings. The van der Waals surface area contributed by atoms with E-state index >= 15 is 0 Å². The molecular formula is C26H34N4O3S2. The number of nitrogens with zero attached hydrogens (tertiary/aromatic N) is 3. The summed E-state index contributed by atoms with van der Waals surface area (Å²) in [4.78, 5) is 17.9. The molecule has 9 heteroatoms. The molecule has 1 aliphatic heterocycles. The maximum Gasteiger partial charge on any atom is 0.243 e. The number of aryl methyl sites for hydroxylation is 2. The quantitative estimate of drug-likeness (QED) is 0.385. The number of nitrogens with one attached hydrogen (secondary N) is 1. The van der Waals surface area contributed by atoms with Gasteiger partial charge >= 0.3 is 0 Å². The van der Waals surface area contributed by atoms with Gasteiger partial charge in [0.2, 0.25) is 15.9 Å². The minimum Gasteiger partial charge on any atom is -0.325 e. The average Bonchev–Trinajstić information content (AvgIpc) is 3.20. The highest BCUT2D eigenvalue weighted by Gasteiger charge is 2.27. The molecule has 188 valence electrons. The van der Waals surface area contributed by atoms with Crippen molar-refractivity contribution in [3.8, 4) is 0 Å². The number of rotatable bonds is 9. The van der Waals surface area contributed by atoms with E-state index in [-0.39, 0.29) is 16.1 Å². The van der Waals surface area contributed by atoms with Gasteiger partial charge in [-0.1, -0.05) is 49.2 Å². The van der Waals surface area contributed by atoms with Crippen molar-refractivity contribution in [2.75, 3.05) is 18.4 Å². The third-order valence-corrected chi connectivity index (χ3v) is 9.33. The molecular weight excluding hydrogens is 480 g/mol. The largest absolute Gasteiger partial charge is 0.325 e. The summed E-state index contributed by atoms with van der Waals surface area (Å²) in [6.07, 6.45) is 4.86. The van der Waals surface area contributed by atoms with E-state index in [2.05, 4.69) is 16.8 Å². The highest BCUT2D eigenvalue weighted by molar-refractivity contribution is 8.00. The van der Waals surface area contributed by atoms with Crippen molar-refractivity contribution in [1.82, 2.24) is 13.9 Å². The second-order valence-electron chi connectivity index (χ2n) is 9.13. The van der Waals surface area contributed by atoms with Crippen molar-refractivity contribution in [2.45, 2.75) is 74.7 Å². The summed E-state index contributed by atoms with van der Waals surface area (Å²) >= 11 is 1.40. The fourth-order valence-electron chi connectivity index (χ4n) is 4.22. The molecule has 0 radical (unpaired) electrons. The summed E-state index contributed by atoms with van der Waals surface area (Å²) < 4.78 is 30.1. The van der Waals surface area contributed by atoms with E-state index in [1.54, 1.807) is 16.4 Å². The zero-order valence-electron chi connectivity index (χ0n) is 20.7. The summed E-state index contributed by atoms with van der Waals surface area (Å²) in [5.41, 5.74) is 3.44. The molecule has 3 aromatic rings. The molecule has 1 aliphatic rings. The Morgan fingerprint density at radius 1 is 1.11 bits per heavy atom. The lowest BCUT2D eigenvalue weighted by Gasteiger charge is -2.25. The van der Waals surface area contributed by atoms with Crippen molar-refractivity contribution in [1.29, 1.82) is 0 Å². The number of sulfonamides is 1. The average molecular weight is 515 g/mol. The number of amides is 1. The Hall–Kier alpha value is -2.36. The predicted octanol–water partition coefficient (Wildman–Crippen LogP) is 5.44. The second-order valence-corrected chi connectivity index (χ2v) is 12.4. The highest BCUT2D eigenvalue weighted by Crippen LogP contribution is 2.31. The number of piperidine rings is 1. The number of aromatic nitrogens is 2. The molecule has 1 atom stereocenters. The van der Waals surface area contributed by atoms with Crippen LogP contribution in [-0.2, 0) is 21.4 Å². The van der Waals surface area contributed by atoms with Gasteiger partial charge in [0, 0.05) is 25.3 Å². The molecule has 4 rings (SSSR count). The van der Waals surface area contributed by atoms with Crippen LogP contribution in [0.15, 0.2) is 52.5 Å². The van der Waals surface area contributed by atoms with Crippen molar-refractivity contribution >= 4 is 44.4 Å². The Bertz CT molecular complexity index is 1280. The van der Waals surface area contributed by atoms with Crippen LogP contribution in [0.4, 0.5) is 5.69 Å². The minimum atomic E-state index is -3.54. The van der Waals surface area contributed by atoms with E-state index in [1.165, 1.54) is 11.8 Å². The number of carbonyl (C=O) groups is 1. The Morgan fingerprint density at radius 2 is 1.83 bits per heavy atom. The highest BCUT2D eigenvalue weighted by atomic mass is 32.2. The van der Waals surface area contributed by atoms with Gasteiger partial charge in [-0.05, 0) is 63.4 Å². The third-order valence-electron chi connectivity index (χ3n) is 6.34. The lowest BCUT2D eigenvalue weighted by Crippen LogP contribution is -2.35. The van der Waals surface area contributed by atoms with Crippen LogP contribution in [0.2, 0.25) is 0 Å². The van der Waals surface area contributed by atoms with Crippen LogP contribution in [0.3, 0.4) is 0 Å². The van der Waals surface area contributed by atoms with E-state index in [0.717, 1.165) is 60.6 Å². The number of fused-ring (bicyclic) bond motifs is 1. The van der Waals surface area contributed by atoms with E-state index < -0.39 is 10.0 Å². The standard InChI is InChI=1S/C26H34N4O3S2/c1-4-5-17-30-24-14-13-22(35(32,33)29-15-7-6-8-16-29)18-23(24)28-26(30)34-20(3)25(31)27-21-11-9-19(2)10-12-21/h9-14,18,20H,4-8,15-17H2,1-3H3,(H,27,31)/t20-/m0/s1. The van der Waals surface area contributed by atoms with Gasteiger partial charge in [0.25, 0.3) is 0 Å². The maximum atomic E-state index is 13.2. The van der Waals surface area contributed by atoms with Crippen molar-refractivity contribution in [3.63, 3.8) is 0 Å². The number of anilines is 1. The summed E-state index contributed by atoms with van der Waals surface area (Å²) in [7, 11) is -3.54. The molecule has 1 aromatic heterocycles. The molecule has 0 saturated carbocycles. The topological polar surface area (TPSA) is 84.3 Å². The Kier molecular flexibility index (Phi) is 8.19. The second kappa shape index (κ2) is 11.1. The smallest absolute Gasteiger partial charge is 0.243 e. The fourth-order valence-corrected chi connectivity index (χ4v) is 6.70. The Balaban J connectivity index is 1.59. The van der Waals surface area contributed by atoms with Crippen LogP contribution in [0.5, 0.6) is 0 Å². The number of unbranched alkanes of at least 4 members (excludes halogenated alkanes) is 1. The van der Waals surface area contributed by atoms with Crippen LogP contribution in [0.25, 0.3) is 11.0 Å². The summed E-state index contributed by atoms with van der Waals surface area (Å²) in [6.45, 7) is 7.91. The van der Waals surface area contributed by atoms with Crippen LogP contribution in [0, 0.1) is 6.92 Å². The first-order valence-electron chi connectivity index (χ1n) is 12.3. The van der Waals surface area contributed by atoms with E-state index in [1.807, 2.05) is 44.2 Å². The monoisotopic (exact) mass is 514 g/mol. The van der Waals surface area contributed by atoms with Gasteiger partial charge in [0.1, 0.15) is 0 Å². The Labute approximate surface area is 212 Å². The van der Waals surface area contributed by atoms with Crippen LogP contribution < -0.4 is 5.32 Å². The van der Waals surface area contributed by atoms with Crippen LogP contribution in [0.1, 0.15) is 51.5 Å². The predicted molar refractivity (Wildman–Crippen MR) is 142 cm³/mol. The molecule has 1 saturated heterocycles. The first-order chi connectivity index (χ1) is 16.8. The van der Waals surface area contributed by atoms with Crippen LogP contribution >= 0.6 is 11.8 Å². The molecule has 0 aliphatic carbocycles. The van der Waals surface area contributed by atoms with E-state index in [4.69, 9.17) is 4.98 Å². The molecule has 0 unspecified atom stereocenters. The van der Waals surface area contributed by atoms with Gasteiger partial charge in [0.05, 0.1) is 21.2 Å². The fraction of sp³-hybridized carbons (Fsp3) is 0.462. The number of hydrogen-bond acceptors (Lipinski definition) is 5. The molecule has 1 N–H and O–H groups in total. The number of thioether (sulfide) groups is 1. The van der Waals surface area contributed by atoms with Gasteiger partial charge in [-0.25, -0.2) is 13.4 Å². The lowest BCUT2D eigenvalue weighted by molar-refractivity contribution is -0.115. The van der Waals surface area contributed by atoms with Crippen molar-refractivity contribution in [3.05, 3.63) is 48.0 Å². The SMILES string of the molecule is CCCCn1c(S[C@@H](C)C(=O)Nc2ccc(C)cc2)nc2cc(S(=O)(=O)N3CCCCC3)ccc21. The summed E-state index contributed by atoms with van der Waals surface area (Å²) in [5.74, 6) is -0.0960. The van der Waals surface area contributed by atoms with Gasteiger partial charge < -0.3 is 9.88 Å². The number of carbonyl (C=O) groups excluding carboxylic acids is 1. The number of benzene rings is 2. The first kappa shape index (κ1) is 25.7. The number of hydrogen-bond donors (Lipinski definition) is 1. The molecule has 0 spiro atoms. The molecule has 7 nitrogen and oxygen atoms in total. The third kappa shape index (κ3) is 5.90. The number of imidazole rings is 1. The van der Waals surface area contributed by atoms with Crippen LogP contribution in [-0.4, -0.2) is 46.5 Å². The van der Waals surface area contributed by atoms with Gasteiger partial charge in [-0.2, -0.15) is 4.31 Å². The maximum absolute atomic E-state index is 13.2. The van der Waals surface area contributed by atoms with Gasteiger partial charge in [-0.15, -0.1) is 0 Å².